The minimum atomic E-state index is -1.13. The minimum absolute atomic E-state index is 0.131. The summed E-state index contributed by atoms with van der Waals surface area (Å²) < 4.78 is 11.8. The molecule has 0 N–H and O–H groups in total. The first-order chi connectivity index (χ1) is 8.15. The zero-order chi connectivity index (χ0) is 13.3. The van der Waals surface area contributed by atoms with Crippen LogP contribution in [0.25, 0.3) is 0 Å². The first-order valence-electron chi connectivity index (χ1n) is 7.24. The first-order valence-corrected chi connectivity index (χ1v) is 12.7. The van der Waals surface area contributed by atoms with Crippen molar-refractivity contribution in [3.63, 3.8) is 0 Å². The Bertz CT molecular complexity index is 170. The Morgan fingerprint density at radius 2 is 1.24 bits per heavy atom. The predicted octanol–water partition coefficient (Wildman–Crippen LogP) is 4.03. The standard InChI is InChI=1S/C13H31O2Si2/c1-7-14-13(15-8-2)16(9-3)17(10-4,11-5)12-6/h13H,7-12H2,1-6H3. The summed E-state index contributed by atoms with van der Waals surface area (Å²) in [6, 6.07) is 5.45. The van der Waals surface area contributed by atoms with E-state index in [0.29, 0.717) is 0 Å². The summed E-state index contributed by atoms with van der Waals surface area (Å²) in [5.41, 5.74) is 0. The first kappa shape index (κ1) is 17.4. The van der Waals surface area contributed by atoms with Gasteiger partial charge in [-0.05, 0) is 13.8 Å². The van der Waals surface area contributed by atoms with Crippen LogP contribution in [0.15, 0.2) is 0 Å². The van der Waals surface area contributed by atoms with Gasteiger partial charge in [-0.1, -0.05) is 51.9 Å². The van der Waals surface area contributed by atoms with Gasteiger partial charge in [-0.25, -0.2) is 0 Å². The molecule has 0 aromatic carbocycles. The van der Waals surface area contributed by atoms with Crippen molar-refractivity contribution in [2.24, 2.45) is 0 Å². The predicted molar refractivity (Wildman–Crippen MR) is 80.5 cm³/mol. The molecular weight excluding hydrogens is 244 g/mol. The minimum Gasteiger partial charge on any atom is -0.357 e. The second-order valence-corrected chi connectivity index (χ2v) is 16.5. The average Bonchev–Trinajstić information content (AvgIpc) is 2.36. The Kier molecular flexibility index (Phi) is 9.50. The van der Waals surface area contributed by atoms with E-state index in [1.165, 1.54) is 24.2 Å². The van der Waals surface area contributed by atoms with Crippen LogP contribution in [0.2, 0.25) is 24.2 Å². The lowest BCUT2D eigenvalue weighted by Gasteiger charge is -2.39. The highest BCUT2D eigenvalue weighted by atomic mass is 29.2. The normalized spacial score (nSPS) is 12.7. The van der Waals surface area contributed by atoms with Crippen molar-refractivity contribution in [1.29, 1.82) is 0 Å². The van der Waals surface area contributed by atoms with Crippen molar-refractivity contribution in [3.8, 4) is 0 Å². The second kappa shape index (κ2) is 9.31. The maximum absolute atomic E-state index is 5.90. The van der Waals surface area contributed by atoms with Gasteiger partial charge in [0.2, 0.25) is 0 Å². The lowest BCUT2D eigenvalue weighted by molar-refractivity contribution is -0.0841. The van der Waals surface area contributed by atoms with Gasteiger partial charge in [-0.15, -0.1) is 0 Å². The van der Waals surface area contributed by atoms with Gasteiger partial charge in [0.25, 0.3) is 0 Å². The number of rotatable bonds is 10. The fourth-order valence-corrected chi connectivity index (χ4v) is 16.3. The van der Waals surface area contributed by atoms with Gasteiger partial charge in [-0.3, -0.25) is 0 Å². The number of hydrogen-bond donors (Lipinski definition) is 0. The van der Waals surface area contributed by atoms with E-state index in [-0.39, 0.29) is 5.91 Å². The molecule has 0 aliphatic heterocycles. The molecule has 103 valence electrons. The topological polar surface area (TPSA) is 18.5 Å². The maximum atomic E-state index is 5.90. The van der Waals surface area contributed by atoms with E-state index in [2.05, 4.69) is 41.5 Å². The monoisotopic (exact) mass is 275 g/mol. The highest BCUT2D eigenvalue weighted by Gasteiger charge is 2.42. The summed E-state index contributed by atoms with van der Waals surface area (Å²) in [7, 11) is -1.64. The average molecular weight is 276 g/mol. The third kappa shape index (κ3) is 4.50. The molecule has 0 spiro atoms. The van der Waals surface area contributed by atoms with Crippen molar-refractivity contribution in [1.82, 2.24) is 0 Å². The molecular formula is C13H31O2Si2. The molecule has 0 aliphatic carbocycles. The Labute approximate surface area is 110 Å². The largest absolute Gasteiger partial charge is 0.357 e. The van der Waals surface area contributed by atoms with E-state index in [1.54, 1.807) is 0 Å². The molecule has 0 saturated carbocycles. The van der Waals surface area contributed by atoms with Crippen LogP contribution in [-0.2, 0) is 9.47 Å². The molecule has 0 amide bonds. The summed E-state index contributed by atoms with van der Waals surface area (Å²) in [5.74, 6) is 0.131. The van der Waals surface area contributed by atoms with Crippen LogP contribution in [0, 0.1) is 0 Å². The molecule has 0 atom stereocenters. The van der Waals surface area contributed by atoms with Gasteiger partial charge in [0.15, 0.2) is 0 Å². The molecule has 0 saturated heterocycles. The van der Waals surface area contributed by atoms with Crippen molar-refractivity contribution in [2.75, 3.05) is 13.2 Å². The zero-order valence-corrected chi connectivity index (χ0v) is 14.6. The van der Waals surface area contributed by atoms with Crippen molar-refractivity contribution < 1.29 is 9.47 Å². The van der Waals surface area contributed by atoms with Gasteiger partial charge < -0.3 is 9.47 Å². The molecule has 0 aromatic heterocycles. The smallest absolute Gasteiger partial charge is 0.137 e. The number of hydrogen-bond acceptors (Lipinski definition) is 2. The van der Waals surface area contributed by atoms with Gasteiger partial charge in [0.05, 0.1) is 7.59 Å². The van der Waals surface area contributed by atoms with Crippen LogP contribution in [0.5, 0.6) is 0 Å². The molecule has 17 heavy (non-hydrogen) atoms. The molecule has 0 bridgehead atoms. The van der Waals surface area contributed by atoms with Crippen LogP contribution in [0.1, 0.15) is 41.5 Å². The second-order valence-electron chi connectivity index (χ2n) is 4.46. The van der Waals surface area contributed by atoms with Crippen molar-refractivity contribution in [3.05, 3.63) is 0 Å². The molecule has 0 aliphatic rings. The van der Waals surface area contributed by atoms with Crippen LogP contribution < -0.4 is 0 Å². The molecule has 0 rings (SSSR count). The third-order valence-electron chi connectivity index (χ3n) is 4.01. The van der Waals surface area contributed by atoms with Gasteiger partial charge in [-0.2, -0.15) is 0 Å². The van der Waals surface area contributed by atoms with Crippen LogP contribution >= 0.6 is 0 Å². The van der Waals surface area contributed by atoms with E-state index in [4.69, 9.17) is 9.47 Å². The summed E-state index contributed by atoms with van der Waals surface area (Å²) in [6.07, 6.45) is 0. The van der Waals surface area contributed by atoms with E-state index in [1.807, 2.05) is 0 Å². The Hall–Kier alpha value is 0.354. The lowest BCUT2D eigenvalue weighted by atomic mass is 10.8. The van der Waals surface area contributed by atoms with E-state index in [9.17, 15) is 0 Å². The van der Waals surface area contributed by atoms with Crippen molar-refractivity contribution in [2.45, 2.75) is 71.6 Å². The fourth-order valence-electron chi connectivity index (χ4n) is 2.77. The van der Waals surface area contributed by atoms with Crippen LogP contribution in [-0.4, -0.2) is 35.0 Å². The van der Waals surface area contributed by atoms with Gasteiger partial charge in [0, 0.05) is 13.2 Å². The fraction of sp³-hybridized carbons (Fsp3) is 1.00. The summed E-state index contributed by atoms with van der Waals surface area (Å²) in [4.78, 5) is 0. The highest BCUT2D eigenvalue weighted by molar-refractivity contribution is 7.33. The highest BCUT2D eigenvalue weighted by Crippen LogP contribution is 2.28. The maximum Gasteiger partial charge on any atom is 0.137 e. The summed E-state index contributed by atoms with van der Waals surface area (Å²) in [6.45, 7) is 15.2. The Morgan fingerprint density at radius 1 is 0.824 bits per heavy atom. The Balaban J connectivity index is 4.94. The summed E-state index contributed by atoms with van der Waals surface area (Å²) >= 11 is 0. The van der Waals surface area contributed by atoms with Gasteiger partial charge >= 0.3 is 0 Å². The lowest BCUT2D eigenvalue weighted by Crippen LogP contribution is -2.57. The molecule has 0 heterocycles. The third-order valence-corrected chi connectivity index (χ3v) is 20.1. The van der Waals surface area contributed by atoms with Crippen LogP contribution in [0.4, 0.5) is 0 Å². The Morgan fingerprint density at radius 3 is 1.47 bits per heavy atom. The van der Waals surface area contributed by atoms with Crippen molar-refractivity contribution >= 4 is 15.9 Å². The molecule has 0 fully saturated rings. The van der Waals surface area contributed by atoms with E-state index < -0.39 is 15.9 Å². The molecule has 2 nitrogen and oxygen atoms in total. The van der Waals surface area contributed by atoms with Gasteiger partial charge in [0.1, 0.15) is 14.2 Å². The molecule has 0 unspecified atom stereocenters. The van der Waals surface area contributed by atoms with Crippen LogP contribution in [0.3, 0.4) is 0 Å². The zero-order valence-electron chi connectivity index (χ0n) is 12.6. The van der Waals surface area contributed by atoms with E-state index >= 15 is 0 Å². The van der Waals surface area contributed by atoms with E-state index in [0.717, 1.165) is 13.2 Å². The quantitative estimate of drug-likeness (QED) is 0.443. The SMILES string of the molecule is CCOC(OCC)[Si](CC)[Si](CC)(CC)CC. The molecule has 4 heteroatoms. The molecule has 0 aromatic rings. The number of ether oxygens (including phenoxy) is 2. The summed E-state index contributed by atoms with van der Waals surface area (Å²) in [5, 5.41) is 0. The molecule has 1 radical (unpaired) electrons.